The Morgan fingerprint density at radius 2 is 1.45 bits per heavy atom. The molecule has 0 saturated heterocycles. The van der Waals surface area contributed by atoms with Crippen LogP contribution in [0.1, 0.15) is 46.5 Å². The van der Waals surface area contributed by atoms with Crippen molar-refractivity contribution < 1.29 is 23.7 Å². The summed E-state index contributed by atoms with van der Waals surface area (Å²) in [5.41, 5.74) is 5.99. The zero-order valence-corrected chi connectivity index (χ0v) is 19.8. The molecule has 184 valence electrons. The number of nitrogens with one attached hydrogen (secondary N) is 1. The van der Waals surface area contributed by atoms with Gasteiger partial charge in [0.1, 0.15) is 0 Å². The summed E-state index contributed by atoms with van der Waals surface area (Å²) in [5.74, 6) is 5.16. The molecule has 0 rings (SSSR count). The first kappa shape index (κ1) is 31.6. The third kappa shape index (κ3) is 26.4. The van der Waals surface area contributed by atoms with Crippen LogP contribution < -0.4 is 16.9 Å². The predicted octanol–water partition coefficient (Wildman–Crippen LogP) is 1.12. The van der Waals surface area contributed by atoms with Crippen molar-refractivity contribution >= 4 is 17.8 Å². The number of nitrogens with two attached hydrogens (primary N) is 2. The van der Waals surface area contributed by atoms with Crippen molar-refractivity contribution in [1.82, 2.24) is 5.32 Å². The number of amides is 1. The van der Waals surface area contributed by atoms with Crippen LogP contribution in [0.4, 0.5) is 0 Å². The van der Waals surface area contributed by atoms with Gasteiger partial charge in [0, 0.05) is 12.8 Å². The minimum Gasteiger partial charge on any atom is -0.377 e. The summed E-state index contributed by atoms with van der Waals surface area (Å²) < 4.78 is 21.5. The summed E-state index contributed by atoms with van der Waals surface area (Å²) in [4.78, 5) is 15.2. The van der Waals surface area contributed by atoms with E-state index in [1.165, 1.54) is 12.8 Å². The highest BCUT2D eigenvalue weighted by molar-refractivity contribution is 6.30. The van der Waals surface area contributed by atoms with E-state index in [2.05, 4.69) is 22.3 Å². The molecule has 0 aliphatic carbocycles. The number of carbonyl (C=O) groups excluding carboxylic acids is 1. The lowest BCUT2D eigenvalue weighted by Crippen LogP contribution is -2.32. The number of aliphatic imine (C=N–C) groups is 1. The first-order valence-corrected chi connectivity index (χ1v) is 11.3. The average Bonchev–Trinajstić information content (AvgIpc) is 2.81. The molecule has 10 nitrogen and oxygen atoms in total. The summed E-state index contributed by atoms with van der Waals surface area (Å²) in [6, 6.07) is 0. The van der Waals surface area contributed by atoms with Crippen LogP contribution in [-0.4, -0.2) is 90.3 Å². The molecule has 1 amide bonds. The van der Waals surface area contributed by atoms with Crippen molar-refractivity contribution in [3.63, 3.8) is 0 Å². The van der Waals surface area contributed by atoms with E-state index in [1.807, 2.05) is 13.8 Å². The SMILES string of the molecule is CC.CCCCC/C(C=NCCOCCOCCOCCOCCNC(=O)CN)=N/N. The van der Waals surface area contributed by atoms with Crippen molar-refractivity contribution in [3.05, 3.63) is 0 Å². The summed E-state index contributed by atoms with van der Waals surface area (Å²) in [5, 5.41) is 6.36. The molecule has 0 aliphatic rings. The van der Waals surface area contributed by atoms with Crippen LogP contribution >= 0.6 is 0 Å². The predicted molar refractivity (Wildman–Crippen MR) is 126 cm³/mol. The fourth-order valence-electron chi connectivity index (χ4n) is 2.10. The van der Waals surface area contributed by atoms with Crippen molar-refractivity contribution in [1.29, 1.82) is 0 Å². The average molecular weight is 448 g/mol. The third-order valence-corrected chi connectivity index (χ3v) is 3.68. The van der Waals surface area contributed by atoms with Gasteiger partial charge in [0.2, 0.25) is 5.91 Å². The largest absolute Gasteiger partial charge is 0.377 e. The minimum absolute atomic E-state index is 0.00771. The van der Waals surface area contributed by atoms with Crippen LogP contribution in [0.3, 0.4) is 0 Å². The maximum Gasteiger partial charge on any atom is 0.233 e. The first-order chi connectivity index (χ1) is 15.2. The molecule has 0 bridgehead atoms. The Kier molecular flexibility index (Phi) is 29.0. The molecule has 5 N–H and O–H groups in total. The highest BCUT2D eigenvalue weighted by Crippen LogP contribution is 1.99. The van der Waals surface area contributed by atoms with Gasteiger partial charge in [-0.3, -0.25) is 9.79 Å². The first-order valence-electron chi connectivity index (χ1n) is 11.3. The van der Waals surface area contributed by atoms with Gasteiger partial charge >= 0.3 is 0 Å². The smallest absolute Gasteiger partial charge is 0.233 e. The Balaban J connectivity index is 0. The lowest BCUT2D eigenvalue weighted by atomic mass is 10.1. The van der Waals surface area contributed by atoms with Gasteiger partial charge in [-0.2, -0.15) is 5.10 Å². The molecule has 31 heavy (non-hydrogen) atoms. The normalized spacial score (nSPS) is 11.4. The van der Waals surface area contributed by atoms with Gasteiger partial charge in [0.05, 0.1) is 71.7 Å². The van der Waals surface area contributed by atoms with E-state index in [-0.39, 0.29) is 12.5 Å². The number of rotatable bonds is 21. The molecule has 0 aliphatic heterocycles. The van der Waals surface area contributed by atoms with E-state index >= 15 is 0 Å². The highest BCUT2D eigenvalue weighted by Gasteiger charge is 1.97. The monoisotopic (exact) mass is 447 g/mol. The second-order valence-electron chi connectivity index (χ2n) is 6.12. The molecule has 0 unspecified atom stereocenters. The van der Waals surface area contributed by atoms with Crippen molar-refractivity contribution in [3.8, 4) is 0 Å². The number of carbonyl (C=O) groups is 1. The van der Waals surface area contributed by atoms with E-state index in [9.17, 15) is 4.79 Å². The van der Waals surface area contributed by atoms with Crippen LogP contribution in [0.25, 0.3) is 0 Å². The number of ether oxygens (including phenoxy) is 4. The second kappa shape index (κ2) is 28.4. The summed E-state index contributed by atoms with van der Waals surface area (Å²) >= 11 is 0. The Hall–Kier alpha value is -1.59. The summed E-state index contributed by atoms with van der Waals surface area (Å²) in [6.45, 7) is 11.1. The van der Waals surface area contributed by atoms with Crippen LogP contribution in [-0.2, 0) is 23.7 Å². The zero-order chi connectivity index (χ0) is 23.4. The lowest BCUT2D eigenvalue weighted by Gasteiger charge is -2.07. The molecule has 10 heteroatoms. The highest BCUT2D eigenvalue weighted by atomic mass is 16.6. The van der Waals surface area contributed by atoms with Crippen LogP contribution in [0.5, 0.6) is 0 Å². The Morgan fingerprint density at radius 1 is 0.903 bits per heavy atom. The second-order valence-corrected chi connectivity index (χ2v) is 6.12. The molecule has 0 atom stereocenters. The molecule has 0 fully saturated rings. The number of hydrazone groups is 1. The molecule has 0 aromatic carbocycles. The van der Waals surface area contributed by atoms with Crippen LogP contribution in [0.15, 0.2) is 10.1 Å². The Morgan fingerprint density at radius 3 is 1.97 bits per heavy atom. The fraction of sp³-hybridized carbons (Fsp3) is 0.857. The molecule has 0 radical (unpaired) electrons. The summed E-state index contributed by atoms with van der Waals surface area (Å²) in [7, 11) is 0. The summed E-state index contributed by atoms with van der Waals surface area (Å²) in [6.07, 6.45) is 6.02. The fourth-order valence-corrected chi connectivity index (χ4v) is 2.10. The molecule has 0 spiro atoms. The topological polar surface area (TPSA) is 143 Å². The van der Waals surface area contributed by atoms with Crippen LogP contribution in [0.2, 0.25) is 0 Å². The number of hydrogen-bond acceptors (Lipinski definition) is 9. The Labute approximate surface area is 188 Å². The van der Waals surface area contributed by atoms with Gasteiger partial charge in [0.25, 0.3) is 0 Å². The van der Waals surface area contributed by atoms with E-state index in [0.29, 0.717) is 65.9 Å². The third-order valence-electron chi connectivity index (χ3n) is 3.68. The molecule has 0 aromatic heterocycles. The lowest BCUT2D eigenvalue weighted by molar-refractivity contribution is -0.120. The molecule has 0 heterocycles. The number of hydrogen-bond donors (Lipinski definition) is 3. The van der Waals surface area contributed by atoms with Gasteiger partial charge < -0.3 is 35.8 Å². The van der Waals surface area contributed by atoms with Gasteiger partial charge in [0.15, 0.2) is 0 Å². The minimum atomic E-state index is -0.188. The van der Waals surface area contributed by atoms with Gasteiger partial charge in [-0.05, 0) is 12.8 Å². The standard InChI is InChI=1S/C19H39N5O5.C2H6/c1-2-3-4-5-18(24-21)17-22-6-8-26-10-12-28-14-15-29-13-11-27-9-7-23-19(25)16-20;1-2/h17H,2-16,20-21H2,1H3,(H,23,25);1-2H3/b22-17?,24-18-;. The maximum atomic E-state index is 10.9. The number of nitrogens with zero attached hydrogens (tertiary/aromatic N) is 2. The van der Waals surface area contributed by atoms with E-state index in [1.54, 1.807) is 6.21 Å². The molecule has 0 saturated carbocycles. The quantitative estimate of drug-likeness (QED) is 0.104. The van der Waals surface area contributed by atoms with E-state index < -0.39 is 0 Å². The number of unbranched alkanes of at least 4 members (excludes halogenated alkanes) is 2. The molecule has 0 aromatic rings. The zero-order valence-electron chi connectivity index (χ0n) is 19.8. The molecular formula is C21H45N5O5. The van der Waals surface area contributed by atoms with Crippen molar-refractivity contribution in [2.45, 2.75) is 46.5 Å². The van der Waals surface area contributed by atoms with Crippen LogP contribution in [0, 0.1) is 0 Å². The van der Waals surface area contributed by atoms with Gasteiger partial charge in [-0.15, -0.1) is 0 Å². The van der Waals surface area contributed by atoms with Gasteiger partial charge in [-0.1, -0.05) is 33.6 Å². The van der Waals surface area contributed by atoms with Gasteiger partial charge in [-0.25, -0.2) is 0 Å². The maximum absolute atomic E-state index is 10.9. The molecular weight excluding hydrogens is 402 g/mol. The van der Waals surface area contributed by atoms with E-state index in [4.69, 9.17) is 30.5 Å². The Bertz CT molecular complexity index is 436. The van der Waals surface area contributed by atoms with Crippen molar-refractivity contribution in [2.75, 3.05) is 72.5 Å². The van der Waals surface area contributed by atoms with E-state index in [0.717, 1.165) is 18.6 Å². The van der Waals surface area contributed by atoms with Crippen molar-refractivity contribution in [2.24, 2.45) is 21.7 Å².